The Morgan fingerprint density at radius 1 is 1.05 bits per heavy atom. The highest BCUT2D eigenvalue weighted by Gasteiger charge is 2.30. The Bertz CT molecular complexity index is 1300. The number of allylic oxidation sites excluding steroid dienone is 14. The van der Waals surface area contributed by atoms with Crippen molar-refractivity contribution >= 4 is 0 Å². The summed E-state index contributed by atoms with van der Waals surface area (Å²) in [7, 11) is 0. The van der Waals surface area contributed by atoms with Crippen molar-refractivity contribution in [1.82, 2.24) is 0 Å². The van der Waals surface area contributed by atoms with Crippen LogP contribution in [0.1, 0.15) is 108 Å². The van der Waals surface area contributed by atoms with Crippen molar-refractivity contribution < 1.29 is 0 Å². The molecular formula is C40H52. The third-order valence-electron chi connectivity index (χ3n) is 8.05. The zero-order valence-electron chi connectivity index (χ0n) is 27.0. The van der Waals surface area contributed by atoms with Crippen LogP contribution < -0.4 is 0 Å². The highest BCUT2D eigenvalue weighted by atomic mass is 14.4. The second kappa shape index (κ2) is 15.6. The molecule has 40 heavy (non-hydrogen) atoms. The van der Waals surface area contributed by atoms with Gasteiger partial charge >= 0.3 is 0 Å². The predicted octanol–water partition coefficient (Wildman–Crippen LogP) is 10.9. The quantitative estimate of drug-likeness (QED) is 0.244. The van der Waals surface area contributed by atoms with Gasteiger partial charge in [-0.2, -0.15) is 0 Å². The van der Waals surface area contributed by atoms with Gasteiger partial charge < -0.3 is 0 Å². The molecule has 212 valence electrons. The van der Waals surface area contributed by atoms with Crippen LogP contribution in [0.3, 0.4) is 0 Å². The van der Waals surface area contributed by atoms with E-state index >= 15 is 0 Å². The summed E-state index contributed by atoms with van der Waals surface area (Å²) in [6, 6.07) is 0. The molecule has 1 saturated carbocycles. The third-order valence-corrected chi connectivity index (χ3v) is 8.05. The molecule has 2 rings (SSSR count). The largest absolute Gasteiger partial charge is 0.0989 e. The third kappa shape index (κ3) is 11.2. The maximum absolute atomic E-state index is 3.37. The molecule has 2 aliphatic rings. The fourth-order valence-electron chi connectivity index (χ4n) is 5.47. The van der Waals surface area contributed by atoms with Gasteiger partial charge in [-0.25, -0.2) is 0 Å². The van der Waals surface area contributed by atoms with Gasteiger partial charge in [0, 0.05) is 24.3 Å². The van der Waals surface area contributed by atoms with Crippen molar-refractivity contribution in [2.75, 3.05) is 0 Å². The molecule has 0 radical (unpaired) electrons. The van der Waals surface area contributed by atoms with Gasteiger partial charge in [-0.05, 0) is 92.6 Å². The van der Waals surface area contributed by atoms with Crippen LogP contribution in [0.15, 0.2) is 82.0 Å². The highest BCUT2D eigenvalue weighted by molar-refractivity contribution is 5.43. The topological polar surface area (TPSA) is 0 Å². The molecule has 2 atom stereocenters. The van der Waals surface area contributed by atoms with Gasteiger partial charge in [-0.15, -0.1) is 0 Å². The lowest BCUT2D eigenvalue weighted by Gasteiger charge is -2.37. The molecule has 1 fully saturated rings. The Balaban J connectivity index is 1.86. The van der Waals surface area contributed by atoms with Crippen molar-refractivity contribution in [3.8, 4) is 35.5 Å². The summed E-state index contributed by atoms with van der Waals surface area (Å²) in [6.07, 6.45) is 24.1. The van der Waals surface area contributed by atoms with Crippen LogP contribution in [0.5, 0.6) is 0 Å². The Morgan fingerprint density at radius 2 is 1.80 bits per heavy atom. The Morgan fingerprint density at radius 3 is 2.50 bits per heavy atom. The molecule has 0 nitrogen and oxygen atoms in total. The monoisotopic (exact) mass is 532 g/mol. The van der Waals surface area contributed by atoms with Crippen LogP contribution in [-0.2, 0) is 0 Å². The Labute approximate surface area is 247 Å². The zero-order chi connectivity index (χ0) is 29.8. The minimum absolute atomic E-state index is 0.182. The molecule has 0 aromatic rings. The van der Waals surface area contributed by atoms with Gasteiger partial charge in [0.25, 0.3) is 0 Å². The molecule has 2 aliphatic carbocycles. The Hall–Kier alpha value is -3.14. The molecule has 0 heterocycles. The van der Waals surface area contributed by atoms with Crippen molar-refractivity contribution in [2.45, 2.75) is 108 Å². The average Bonchev–Trinajstić information content (AvgIpc) is 2.85. The van der Waals surface area contributed by atoms with Crippen LogP contribution in [0.25, 0.3) is 0 Å². The molecule has 0 amide bonds. The summed E-state index contributed by atoms with van der Waals surface area (Å²) in [5.41, 5.74) is 8.29. The standard InChI is InChI=1S/C40H52/c1-31(19-13-21-33(3)25-27-37-35(5)23-15-29-39(37,7)8)17-11-12-18-32(2)20-14-22-34(4)26-28-38-36(6)24-16-30-40(38,9)10/h15,17,21,23,25-28,32,36H,16,18,22,24,29-30H2,1-10H3/b27-25+,31-17+,33-21+,34-26+,38-28-. The summed E-state index contributed by atoms with van der Waals surface area (Å²) in [5, 5.41) is 0. The summed E-state index contributed by atoms with van der Waals surface area (Å²) in [5.74, 6) is 20.4. The van der Waals surface area contributed by atoms with Crippen molar-refractivity contribution in [2.24, 2.45) is 22.7 Å². The van der Waals surface area contributed by atoms with Crippen LogP contribution in [-0.4, -0.2) is 0 Å². The summed E-state index contributed by atoms with van der Waals surface area (Å²) in [6.45, 7) is 22.4. The smallest absolute Gasteiger partial charge is 0.0299 e. The second-order valence-electron chi connectivity index (χ2n) is 13.1. The van der Waals surface area contributed by atoms with E-state index in [1.807, 2.05) is 19.1 Å². The molecule has 0 saturated heterocycles. The van der Waals surface area contributed by atoms with E-state index in [4.69, 9.17) is 0 Å². The highest BCUT2D eigenvalue weighted by Crippen LogP contribution is 2.43. The van der Waals surface area contributed by atoms with E-state index in [0.717, 1.165) is 30.4 Å². The van der Waals surface area contributed by atoms with Crippen LogP contribution >= 0.6 is 0 Å². The fraction of sp³-hybridized carbons (Fsp3) is 0.500. The first kappa shape index (κ1) is 33.1. The maximum atomic E-state index is 3.37. The van der Waals surface area contributed by atoms with Gasteiger partial charge in [0.15, 0.2) is 0 Å². The van der Waals surface area contributed by atoms with Gasteiger partial charge in [0.1, 0.15) is 0 Å². The minimum Gasteiger partial charge on any atom is -0.0989 e. The number of hydrogen-bond acceptors (Lipinski definition) is 0. The van der Waals surface area contributed by atoms with Crippen LogP contribution in [0, 0.1) is 58.2 Å². The molecule has 0 aromatic carbocycles. The minimum atomic E-state index is 0.182. The van der Waals surface area contributed by atoms with E-state index in [1.165, 1.54) is 36.0 Å². The van der Waals surface area contributed by atoms with E-state index in [2.05, 4.69) is 134 Å². The summed E-state index contributed by atoms with van der Waals surface area (Å²) >= 11 is 0. The summed E-state index contributed by atoms with van der Waals surface area (Å²) < 4.78 is 0. The van der Waals surface area contributed by atoms with E-state index in [-0.39, 0.29) is 11.3 Å². The van der Waals surface area contributed by atoms with Gasteiger partial charge in [0.2, 0.25) is 0 Å². The molecule has 0 aromatic heterocycles. The fourth-order valence-corrected chi connectivity index (χ4v) is 5.47. The number of hydrogen-bond donors (Lipinski definition) is 0. The van der Waals surface area contributed by atoms with E-state index < -0.39 is 0 Å². The van der Waals surface area contributed by atoms with Gasteiger partial charge in [-0.3, -0.25) is 0 Å². The molecule has 2 unspecified atom stereocenters. The molecule has 0 aliphatic heterocycles. The predicted molar refractivity (Wildman–Crippen MR) is 177 cm³/mol. The lowest BCUT2D eigenvalue weighted by Crippen LogP contribution is -2.24. The van der Waals surface area contributed by atoms with E-state index in [1.54, 1.807) is 5.57 Å². The lowest BCUT2D eigenvalue weighted by atomic mass is 9.68. The first-order valence-electron chi connectivity index (χ1n) is 15.1. The summed E-state index contributed by atoms with van der Waals surface area (Å²) in [4.78, 5) is 0. The van der Waals surface area contributed by atoms with Crippen molar-refractivity contribution in [1.29, 1.82) is 0 Å². The Kier molecular flexibility index (Phi) is 12.9. The van der Waals surface area contributed by atoms with Crippen LogP contribution in [0.4, 0.5) is 0 Å². The first-order chi connectivity index (χ1) is 18.8. The normalized spacial score (nSPS) is 22.7. The lowest BCUT2D eigenvalue weighted by molar-refractivity contribution is 0.290. The molecular weight excluding hydrogens is 480 g/mol. The van der Waals surface area contributed by atoms with Gasteiger partial charge in [0.05, 0.1) is 0 Å². The number of rotatable bonds is 5. The molecule has 0 N–H and O–H groups in total. The molecule has 0 spiro atoms. The van der Waals surface area contributed by atoms with E-state index in [9.17, 15) is 0 Å². The molecule has 0 bridgehead atoms. The van der Waals surface area contributed by atoms with E-state index in [0.29, 0.717) is 11.3 Å². The van der Waals surface area contributed by atoms with Crippen molar-refractivity contribution in [3.05, 3.63) is 82.0 Å². The SMILES string of the molecule is CC1=C(/C=C/C(C)=C/C#C/C(C)=C/C#CCC(C)C#CC/C(C)=C/C=C2/C(C)CCCC2(C)C)C(C)(C)CC=C1. The average molecular weight is 533 g/mol. The second-order valence-corrected chi connectivity index (χ2v) is 13.1. The first-order valence-corrected chi connectivity index (χ1v) is 15.1. The van der Waals surface area contributed by atoms with Crippen LogP contribution in [0.2, 0.25) is 0 Å². The van der Waals surface area contributed by atoms with Crippen molar-refractivity contribution in [3.63, 3.8) is 0 Å². The van der Waals surface area contributed by atoms with Gasteiger partial charge in [-0.1, -0.05) is 131 Å². The maximum Gasteiger partial charge on any atom is 0.0299 e. The zero-order valence-corrected chi connectivity index (χ0v) is 27.0. The molecule has 0 heteroatoms.